The van der Waals surface area contributed by atoms with Crippen molar-refractivity contribution < 1.29 is 13.2 Å². The van der Waals surface area contributed by atoms with Gasteiger partial charge in [0.2, 0.25) is 5.91 Å². The van der Waals surface area contributed by atoms with Gasteiger partial charge in [-0.05, 0) is 50.6 Å². The van der Waals surface area contributed by atoms with Crippen LogP contribution in [0.1, 0.15) is 31.5 Å². The number of likely N-dealkylation sites (N-methyl/N-ethyl adjacent to an activating group) is 1. The number of fused-ring (bicyclic) bond motifs is 1. The molecule has 2 aromatic rings. The lowest BCUT2D eigenvalue weighted by Crippen LogP contribution is -2.38. The van der Waals surface area contributed by atoms with E-state index in [2.05, 4.69) is 20.1 Å². The number of amides is 1. The standard InChI is InChI=1S/C20H27N5O3S/c1-24(17-10-12-29(27,28)14-17)13-19(26)21-16-8-6-15(7-9-16)20-23-22-18-5-3-2-4-11-25(18)20/h6-9,17H,2-5,10-14H2,1H3,(H,21,26)/t17-/m1/s1. The maximum Gasteiger partial charge on any atom is 0.238 e. The van der Waals surface area contributed by atoms with Crippen molar-refractivity contribution in [3.63, 3.8) is 0 Å². The third-order valence-corrected chi connectivity index (χ3v) is 7.51. The van der Waals surface area contributed by atoms with Gasteiger partial charge in [0.05, 0.1) is 18.1 Å². The van der Waals surface area contributed by atoms with Crippen LogP contribution in [0.25, 0.3) is 11.4 Å². The summed E-state index contributed by atoms with van der Waals surface area (Å²) in [5.74, 6) is 2.11. The van der Waals surface area contributed by atoms with Gasteiger partial charge in [0.25, 0.3) is 0 Å². The van der Waals surface area contributed by atoms with E-state index in [4.69, 9.17) is 0 Å². The molecule has 0 aliphatic carbocycles. The Bertz CT molecular complexity index is 984. The fourth-order valence-corrected chi connectivity index (χ4v) is 5.89. The highest BCUT2D eigenvalue weighted by atomic mass is 32.2. The van der Waals surface area contributed by atoms with Crippen LogP contribution in [0.5, 0.6) is 0 Å². The quantitative estimate of drug-likeness (QED) is 0.796. The summed E-state index contributed by atoms with van der Waals surface area (Å²) in [7, 11) is -1.16. The molecule has 3 heterocycles. The number of carbonyl (C=O) groups is 1. The predicted molar refractivity (Wildman–Crippen MR) is 111 cm³/mol. The molecule has 156 valence electrons. The summed E-state index contributed by atoms with van der Waals surface area (Å²) < 4.78 is 25.4. The first-order valence-corrected chi connectivity index (χ1v) is 12.0. The van der Waals surface area contributed by atoms with E-state index in [-0.39, 0.29) is 30.0 Å². The molecule has 1 aromatic carbocycles. The van der Waals surface area contributed by atoms with Crippen molar-refractivity contribution >= 4 is 21.4 Å². The third-order valence-electron chi connectivity index (χ3n) is 5.76. The molecule has 0 spiro atoms. The molecule has 4 rings (SSSR count). The van der Waals surface area contributed by atoms with Crippen LogP contribution in [0.4, 0.5) is 5.69 Å². The topological polar surface area (TPSA) is 97.2 Å². The number of aromatic nitrogens is 3. The SMILES string of the molecule is CN(CC(=O)Nc1ccc(-c2nnc3n2CCCCC3)cc1)[C@@H]1CCS(=O)(=O)C1. The zero-order valence-electron chi connectivity index (χ0n) is 16.7. The van der Waals surface area contributed by atoms with Crippen LogP contribution >= 0.6 is 0 Å². The molecule has 1 fully saturated rings. The zero-order valence-corrected chi connectivity index (χ0v) is 17.5. The van der Waals surface area contributed by atoms with E-state index in [0.29, 0.717) is 12.1 Å². The summed E-state index contributed by atoms with van der Waals surface area (Å²) in [5.41, 5.74) is 1.69. The molecule has 0 bridgehead atoms. The second-order valence-electron chi connectivity index (χ2n) is 8.00. The Morgan fingerprint density at radius 2 is 2.00 bits per heavy atom. The Labute approximate surface area is 171 Å². The molecule has 1 N–H and O–H groups in total. The molecule has 0 radical (unpaired) electrons. The van der Waals surface area contributed by atoms with Crippen LogP contribution in [0.3, 0.4) is 0 Å². The van der Waals surface area contributed by atoms with E-state index in [1.165, 1.54) is 6.42 Å². The fourth-order valence-electron chi connectivity index (χ4n) is 4.08. The number of nitrogens with one attached hydrogen (secondary N) is 1. The Morgan fingerprint density at radius 3 is 2.72 bits per heavy atom. The van der Waals surface area contributed by atoms with Crippen LogP contribution in [0.2, 0.25) is 0 Å². The van der Waals surface area contributed by atoms with Gasteiger partial charge in [-0.25, -0.2) is 8.42 Å². The number of hydrogen-bond acceptors (Lipinski definition) is 6. The number of nitrogens with zero attached hydrogens (tertiary/aromatic N) is 4. The number of benzene rings is 1. The van der Waals surface area contributed by atoms with Crippen molar-refractivity contribution in [1.29, 1.82) is 0 Å². The lowest BCUT2D eigenvalue weighted by atomic mass is 10.2. The average molecular weight is 418 g/mol. The Kier molecular flexibility index (Phi) is 5.69. The van der Waals surface area contributed by atoms with E-state index in [1.807, 2.05) is 29.2 Å². The first-order chi connectivity index (χ1) is 13.9. The Hall–Kier alpha value is -2.26. The number of carbonyl (C=O) groups excluding carboxylic acids is 1. The van der Waals surface area contributed by atoms with Crippen molar-refractivity contribution in [3.8, 4) is 11.4 Å². The molecular weight excluding hydrogens is 390 g/mol. The van der Waals surface area contributed by atoms with Crippen molar-refractivity contribution in [2.45, 2.75) is 44.7 Å². The monoisotopic (exact) mass is 417 g/mol. The van der Waals surface area contributed by atoms with Crippen LogP contribution in [0.15, 0.2) is 24.3 Å². The molecule has 1 aromatic heterocycles. The number of sulfone groups is 1. The van der Waals surface area contributed by atoms with Crippen molar-refractivity contribution in [2.75, 3.05) is 30.4 Å². The normalized spacial score (nSPS) is 21.0. The highest BCUT2D eigenvalue weighted by Crippen LogP contribution is 2.24. The van der Waals surface area contributed by atoms with Crippen LogP contribution in [0, 0.1) is 0 Å². The molecular formula is C20H27N5O3S. The number of aryl methyl sites for hydroxylation is 1. The summed E-state index contributed by atoms with van der Waals surface area (Å²) in [5, 5.41) is 11.6. The minimum absolute atomic E-state index is 0.0867. The van der Waals surface area contributed by atoms with Gasteiger partial charge in [0.15, 0.2) is 15.7 Å². The van der Waals surface area contributed by atoms with E-state index in [1.54, 1.807) is 7.05 Å². The van der Waals surface area contributed by atoms with Crippen LogP contribution in [-0.2, 0) is 27.6 Å². The fraction of sp³-hybridized carbons (Fsp3) is 0.550. The number of rotatable bonds is 5. The lowest BCUT2D eigenvalue weighted by Gasteiger charge is -2.22. The molecule has 9 heteroatoms. The van der Waals surface area contributed by atoms with Crippen molar-refractivity contribution in [2.24, 2.45) is 0 Å². The van der Waals surface area contributed by atoms with Gasteiger partial charge < -0.3 is 9.88 Å². The van der Waals surface area contributed by atoms with Gasteiger partial charge in [-0.15, -0.1) is 10.2 Å². The Morgan fingerprint density at radius 1 is 1.21 bits per heavy atom. The van der Waals surface area contributed by atoms with E-state index < -0.39 is 9.84 Å². The second-order valence-corrected chi connectivity index (χ2v) is 10.2. The smallest absolute Gasteiger partial charge is 0.238 e. The predicted octanol–water partition coefficient (Wildman–Crippen LogP) is 1.73. The largest absolute Gasteiger partial charge is 0.325 e. The molecule has 2 aliphatic rings. The summed E-state index contributed by atoms with van der Waals surface area (Å²) in [6, 6.07) is 7.55. The Balaban J connectivity index is 1.37. The van der Waals surface area contributed by atoms with Gasteiger partial charge in [0.1, 0.15) is 5.82 Å². The van der Waals surface area contributed by atoms with Gasteiger partial charge in [0, 0.05) is 30.3 Å². The summed E-state index contributed by atoms with van der Waals surface area (Å²) in [6.45, 7) is 1.11. The molecule has 1 saturated heterocycles. The number of hydrogen-bond donors (Lipinski definition) is 1. The summed E-state index contributed by atoms with van der Waals surface area (Å²) in [6.07, 6.45) is 5.07. The summed E-state index contributed by atoms with van der Waals surface area (Å²) in [4.78, 5) is 14.2. The van der Waals surface area contributed by atoms with E-state index in [0.717, 1.165) is 43.0 Å². The molecule has 29 heavy (non-hydrogen) atoms. The maximum absolute atomic E-state index is 12.4. The van der Waals surface area contributed by atoms with Gasteiger partial charge in [-0.1, -0.05) is 6.42 Å². The van der Waals surface area contributed by atoms with Crippen molar-refractivity contribution in [1.82, 2.24) is 19.7 Å². The minimum Gasteiger partial charge on any atom is -0.325 e. The second kappa shape index (κ2) is 8.23. The average Bonchev–Trinajstić information content (AvgIpc) is 3.17. The van der Waals surface area contributed by atoms with Crippen LogP contribution in [-0.4, -0.2) is 65.1 Å². The molecule has 0 saturated carbocycles. The maximum atomic E-state index is 12.4. The van der Waals surface area contributed by atoms with Gasteiger partial charge in [-0.3, -0.25) is 9.69 Å². The van der Waals surface area contributed by atoms with Gasteiger partial charge in [-0.2, -0.15) is 0 Å². The molecule has 1 amide bonds. The molecule has 1 atom stereocenters. The van der Waals surface area contributed by atoms with E-state index in [9.17, 15) is 13.2 Å². The minimum atomic E-state index is -2.96. The van der Waals surface area contributed by atoms with E-state index >= 15 is 0 Å². The van der Waals surface area contributed by atoms with Gasteiger partial charge >= 0.3 is 0 Å². The first-order valence-electron chi connectivity index (χ1n) is 10.1. The van der Waals surface area contributed by atoms with Crippen molar-refractivity contribution in [3.05, 3.63) is 30.1 Å². The molecule has 8 nitrogen and oxygen atoms in total. The highest BCUT2D eigenvalue weighted by Gasteiger charge is 2.31. The molecule has 2 aliphatic heterocycles. The lowest BCUT2D eigenvalue weighted by molar-refractivity contribution is -0.117. The third kappa shape index (κ3) is 4.67. The first kappa shape index (κ1) is 20.0. The zero-order chi connectivity index (χ0) is 20.4. The highest BCUT2D eigenvalue weighted by molar-refractivity contribution is 7.91. The number of anilines is 1. The molecule has 0 unspecified atom stereocenters. The van der Waals surface area contributed by atoms with Crippen LogP contribution < -0.4 is 5.32 Å². The summed E-state index contributed by atoms with van der Waals surface area (Å²) >= 11 is 0.